The van der Waals surface area contributed by atoms with Gasteiger partial charge in [-0.2, -0.15) is 4.31 Å². The Labute approximate surface area is 110 Å². The van der Waals surface area contributed by atoms with Crippen molar-refractivity contribution in [2.45, 2.75) is 10.8 Å². The maximum Gasteiger partial charge on any atom is 0.252 e. The lowest BCUT2D eigenvalue weighted by atomic mass is 10.5. The zero-order valence-corrected chi connectivity index (χ0v) is 12.0. The van der Waals surface area contributed by atoms with Crippen molar-refractivity contribution < 1.29 is 16.8 Å². The molecule has 0 amide bonds. The molecule has 0 radical (unpaired) electrons. The molecule has 2 N–H and O–H groups in total. The van der Waals surface area contributed by atoms with E-state index in [-0.39, 0.29) is 28.8 Å². The third kappa shape index (κ3) is 2.75. The van der Waals surface area contributed by atoms with E-state index in [9.17, 15) is 16.8 Å². The zero-order valence-electron chi connectivity index (χ0n) is 9.57. The third-order valence-corrected chi connectivity index (χ3v) is 7.82. The van der Waals surface area contributed by atoms with Crippen molar-refractivity contribution in [3.05, 3.63) is 17.0 Å². The van der Waals surface area contributed by atoms with Crippen molar-refractivity contribution >= 4 is 31.2 Å². The molecule has 9 heteroatoms. The quantitative estimate of drug-likeness (QED) is 0.821. The molecule has 1 aromatic rings. The van der Waals surface area contributed by atoms with Gasteiger partial charge >= 0.3 is 0 Å². The van der Waals surface area contributed by atoms with Gasteiger partial charge in [-0.15, -0.1) is 11.3 Å². The molecule has 0 atom stereocenters. The standard InChI is InChI=1S/C9H14N2O4S3/c10-7-8-1-2-9(16-8)18(14,15)11-3-5-17(12,13)6-4-11/h1-2H,3-7,10H2. The normalized spacial score (nSPS) is 20.9. The van der Waals surface area contributed by atoms with Gasteiger partial charge in [-0.1, -0.05) is 0 Å². The van der Waals surface area contributed by atoms with Crippen LogP contribution in [0.5, 0.6) is 0 Å². The number of sulfone groups is 1. The topological polar surface area (TPSA) is 97.5 Å². The van der Waals surface area contributed by atoms with Crippen LogP contribution in [0.3, 0.4) is 0 Å². The zero-order chi connectivity index (χ0) is 13.4. The Morgan fingerprint density at radius 3 is 2.39 bits per heavy atom. The molecule has 2 rings (SSSR count). The number of sulfonamides is 1. The van der Waals surface area contributed by atoms with E-state index in [0.717, 1.165) is 16.2 Å². The van der Waals surface area contributed by atoms with Crippen LogP contribution in [-0.2, 0) is 26.4 Å². The van der Waals surface area contributed by atoms with Gasteiger partial charge in [0.25, 0.3) is 10.0 Å². The molecule has 1 aliphatic rings. The first-order valence-corrected chi connectivity index (χ1v) is 9.42. The number of rotatable bonds is 3. The van der Waals surface area contributed by atoms with Crippen LogP contribution in [0.1, 0.15) is 4.88 Å². The Bertz CT molecular complexity index is 619. The lowest BCUT2D eigenvalue weighted by Crippen LogP contribution is -2.43. The summed E-state index contributed by atoms with van der Waals surface area (Å²) in [5, 5.41) is 0. The van der Waals surface area contributed by atoms with Gasteiger partial charge in [-0.25, -0.2) is 16.8 Å². The lowest BCUT2D eigenvalue weighted by molar-refractivity contribution is 0.432. The number of nitrogens with two attached hydrogens (primary N) is 1. The van der Waals surface area contributed by atoms with Crippen molar-refractivity contribution in [3.8, 4) is 0 Å². The molecule has 102 valence electrons. The van der Waals surface area contributed by atoms with Gasteiger partial charge in [-0.3, -0.25) is 0 Å². The highest BCUT2D eigenvalue weighted by Crippen LogP contribution is 2.25. The Hall–Kier alpha value is -0.480. The predicted octanol–water partition coefficient (Wildman–Crippen LogP) is -0.374. The Morgan fingerprint density at radius 1 is 1.28 bits per heavy atom. The largest absolute Gasteiger partial charge is 0.326 e. The van der Waals surface area contributed by atoms with Gasteiger partial charge in [0.1, 0.15) is 4.21 Å². The van der Waals surface area contributed by atoms with E-state index in [1.807, 2.05) is 0 Å². The lowest BCUT2D eigenvalue weighted by Gasteiger charge is -2.25. The van der Waals surface area contributed by atoms with Crippen LogP contribution in [0.25, 0.3) is 0 Å². The Balaban J connectivity index is 2.22. The molecule has 2 heterocycles. The summed E-state index contributed by atoms with van der Waals surface area (Å²) in [5.41, 5.74) is 5.44. The molecule has 1 aliphatic heterocycles. The van der Waals surface area contributed by atoms with Gasteiger partial charge in [0.05, 0.1) is 11.5 Å². The van der Waals surface area contributed by atoms with E-state index in [1.165, 1.54) is 10.4 Å². The molecule has 0 saturated carbocycles. The second kappa shape index (κ2) is 4.89. The fourth-order valence-electron chi connectivity index (χ4n) is 1.67. The van der Waals surface area contributed by atoms with Crippen LogP contribution in [0, 0.1) is 0 Å². The second-order valence-corrected chi connectivity index (χ2v) is 9.62. The van der Waals surface area contributed by atoms with Crippen molar-refractivity contribution in [2.75, 3.05) is 24.6 Å². The number of nitrogens with zero attached hydrogens (tertiary/aromatic N) is 1. The fourth-order valence-corrected chi connectivity index (χ4v) is 5.93. The van der Waals surface area contributed by atoms with E-state index in [4.69, 9.17) is 5.73 Å². The van der Waals surface area contributed by atoms with Crippen molar-refractivity contribution in [3.63, 3.8) is 0 Å². The highest BCUT2D eigenvalue weighted by atomic mass is 32.2. The SMILES string of the molecule is NCc1ccc(S(=O)(=O)N2CCS(=O)(=O)CC2)s1. The van der Waals surface area contributed by atoms with Gasteiger partial charge in [0, 0.05) is 24.5 Å². The van der Waals surface area contributed by atoms with Crippen molar-refractivity contribution in [1.29, 1.82) is 0 Å². The van der Waals surface area contributed by atoms with E-state index in [2.05, 4.69) is 0 Å². The molecule has 0 aliphatic carbocycles. The monoisotopic (exact) mass is 310 g/mol. The maximum absolute atomic E-state index is 12.2. The van der Waals surface area contributed by atoms with Crippen LogP contribution < -0.4 is 5.73 Å². The Kier molecular flexibility index (Phi) is 3.79. The summed E-state index contributed by atoms with van der Waals surface area (Å²) in [6.45, 7) is 0.357. The second-order valence-electron chi connectivity index (χ2n) is 3.98. The Morgan fingerprint density at radius 2 is 1.89 bits per heavy atom. The van der Waals surface area contributed by atoms with Gasteiger partial charge in [-0.05, 0) is 12.1 Å². The number of thiophene rings is 1. The first kappa shape index (κ1) is 13.9. The van der Waals surface area contributed by atoms with Crippen LogP contribution >= 0.6 is 11.3 Å². The van der Waals surface area contributed by atoms with Gasteiger partial charge in [0.2, 0.25) is 0 Å². The van der Waals surface area contributed by atoms with Crippen LogP contribution in [0.15, 0.2) is 16.3 Å². The van der Waals surface area contributed by atoms with Crippen LogP contribution in [0.2, 0.25) is 0 Å². The molecule has 1 saturated heterocycles. The summed E-state index contributed by atoms with van der Waals surface area (Å²) in [7, 11) is -6.65. The summed E-state index contributed by atoms with van der Waals surface area (Å²) in [6, 6.07) is 3.20. The smallest absolute Gasteiger partial charge is 0.252 e. The van der Waals surface area contributed by atoms with Crippen molar-refractivity contribution in [2.24, 2.45) is 5.73 Å². The first-order valence-electron chi connectivity index (χ1n) is 5.34. The maximum atomic E-state index is 12.2. The molecule has 0 aromatic carbocycles. The molecule has 18 heavy (non-hydrogen) atoms. The summed E-state index contributed by atoms with van der Waals surface area (Å²) < 4.78 is 48.5. The van der Waals surface area contributed by atoms with E-state index < -0.39 is 19.9 Å². The summed E-state index contributed by atoms with van der Waals surface area (Å²) >= 11 is 1.13. The van der Waals surface area contributed by atoms with Crippen LogP contribution in [0.4, 0.5) is 0 Å². The average Bonchev–Trinajstić information content (AvgIpc) is 2.77. The fraction of sp³-hybridized carbons (Fsp3) is 0.556. The minimum absolute atomic E-state index is 0.0283. The van der Waals surface area contributed by atoms with E-state index >= 15 is 0 Å². The minimum Gasteiger partial charge on any atom is -0.326 e. The van der Waals surface area contributed by atoms with Gasteiger partial charge < -0.3 is 5.73 Å². The summed E-state index contributed by atoms with van der Waals surface area (Å²) in [4.78, 5) is 0.790. The van der Waals surface area contributed by atoms with Gasteiger partial charge in [0.15, 0.2) is 9.84 Å². The molecule has 1 aromatic heterocycles. The summed E-state index contributed by atoms with van der Waals surface area (Å²) in [6.07, 6.45) is 0. The molecule has 1 fully saturated rings. The van der Waals surface area contributed by atoms with Crippen LogP contribution in [-0.4, -0.2) is 45.7 Å². The highest BCUT2D eigenvalue weighted by Gasteiger charge is 2.31. The highest BCUT2D eigenvalue weighted by molar-refractivity contribution is 7.92. The molecule has 0 unspecified atom stereocenters. The predicted molar refractivity (Wildman–Crippen MR) is 69.6 cm³/mol. The molecule has 6 nitrogen and oxygen atoms in total. The number of hydrogen-bond acceptors (Lipinski definition) is 6. The molecule has 0 spiro atoms. The van der Waals surface area contributed by atoms with E-state index in [0.29, 0.717) is 6.54 Å². The van der Waals surface area contributed by atoms with E-state index in [1.54, 1.807) is 6.07 Å². The number of hydrogen-bond donors (Lipinski definition) is 1. The molecular weight excluding hydrogens is 296 g/mol. The molecular formula is C9H14N2O4S3. The third-order valence-electron chi connectivity index (χ3n) is 2.74. The molecule has 0 bridgehead atoms. The average molecular weight is 310 g/mol. The minimum atomic E-state index is -3.57. The summed E-state index contributed by atoms with van der Waals surface area (Å²) in [5.74, 6) is -0.220. The first-order chi connectivity index (χ1) is 8.35. The van der Waals surface area contributed by atoms with Crippen molar-refractivity contribution in [1.82, 2.24) is 4.31 Å².